The van der Waals surface area contributed by atoms with Crippen molar-refractivity contribution < 1.29 is 0 Å². The van der Waals surface area contributed by atoms with Gasteiger partial charge in [-0.25, -0.2) is 0 Å². The summed E-state index contributed by atoms with van der Waals surface area (Å²) < 4.78 is 0. The van der Waals surface area contributed by atoms with E-state index in [2.05, 4.69) is 26.5 Å². The molecule has 0 atom stereocenters. The van der Waals surface area contributed by atoms with E-state index in [1.807, 2.05) is 0 Å². The van der Waals surface area contributed by atoms with Gasteiger partial charge < -0.3 is 0 Å². The molecule has 0 aromatic carbocycles. The molecule has 4 aliphatic rings. The Hall–Kier alpha value is 0.130. The van der Waals surface area contributed by atoms with Crippen LogP contribution in [-0.2, 0) is 0 Å². The summed E-state index contributed by atoms with van der Waals surface area (Å²) in [4.78, 5) is 9.98. The first-order valence-electron chi connectivity index (χ1n) is 4.26. The summed E-state index contributed by atoms with van der Waals surface area (Å²) >= 11 is 0. The predicted molar refractivity (Wildman–Crippen MR) is 48.4 cm³/mol. The topological polar surface area (TPSA) is 13.0 Å². The normalized spacial score (nSPS) is 55.2. The first kappa shape index (κ1) is 8.72. The minimum Gasteiger partial charge on any atom is -0.264 e. The van der Waals surface area contributed by atoms with Gasteiger partial charge in [-0.1, -0.05) is 0 Å². The zero-order valence-corrected chi connectivity index (χ0v) is 8.13. The van der Waals surface area contributed by atoms with Crippen LogP contribution in [0.1, 0.15) is 6.92 Å². The van der Waals surface area contributed by atoms with E-state index in [-0.39, 0.29) is 12.4 Å². The molecule has 4 heterocycles. The Morgan fingerprint density at radius 1 is 0.833 bits per heavy atom. The Bertz CT molecular complexity index is 158. The van der Waals surface area contributed by atoms with Crippen LogP contribution in [-0.4, -0.2) is 59.1 Å². The monoisotopic (exact) mass is 190 g/mol. The number of hydrogen-bond donors (Lipinski definition) is 0. The second kappa shape index (κ2) is 2.82. The minimum absolute atomic E-state index is 0. The Labute approximate surface area is 79.1 Å². The molecule has 4 rings (SSSR count). The van der Waals surface area contributed by atoms with Gasteiger partial charge in [-0.2, -0.15) is 0 Å². The summed E-state index contributed by atoms with van der Waals surface area (Å²) in [5.74, 6) is 0. The second-order valence-electron chi connectivity index (χ2n) is 3.86. The lowest BCUT2D eigenvalue weighted by molar-refractivity contribution is -0.225. The molecule has 0 amide bonds. The molecule has 0 unspecified atom stereocenters. The third kappa shape index (κ3) is 1.07. The molecule has 70 valence electrons. The number of nitrogens with zero attached hydrogens (tertiary/aromatic N) is 4. The largest absolute Gasteiger partial charge is 0.264 e. The Kier molecular flexibility index (Phi) is 2.05. The molecule has 0 radical (unpaired) electrons. The van der Waals surface area contributed by atoms with Crippen molar-refractivity contribution in [2.45, 2.75) is 13.1 Å². The van der Waals surface area contributed by atoms with Gasteiger partial charge in [0.2, 0.25) is 0 Å². The lowest BCUT2D eigenvalue weighted by Gasteiger charge is -2.59. The van der Waals surface area contributed by atoms with Crippen molar-refractivity contribution in [1.29, 1.82) is 0 Å². The number of halogens is 1. The van der Waals surface area contributed by atoms with Gasteiger partial charge in [-0.3, -0.25) is 19.6 Å². The van der Waals surface area contributed by atoms with Crippen LogP contribution in [0, 0.1) is 0 Å². The van der Waals surface area contributed by atoms with Gasteiger partial charge in [0.1, 0.15) is 0 Å². The van der Waals surface area contributed by atoms with Gasteiger partial charge in [-0.05, 0) is 6.92 Å². The van der Waals surface area contributed by atoms with Gasteiger partial charge in [0.25, 0.3) is 0 Å². The molecule has 4 nitrogen and oxygen atoms in total. The molecule has 0 spiro atoms. The van der Waals surface area contributed by atoms with E-state index >= 15 is 0 Å². The molecule has 0 aromatic rings. The maximum Gasteiger partial charge on any atom is 0.0639 e. The molecule has 4 bridgehead atoms. The summed E-state index contributed by atoms with van der Waals surface area (Å²) in [7, 11) is 0. The van der Waals surface area contributed by atoms with Crippen LogP contribution in [0.3, 0.4) is 0 Å². The highest BCUT2D eigenvalue weighted by Gasteiger charge is 2.40. The Morgan fingerprint density at radius 3 is 1.67 bits per heavy atom. The molecule has 5 heteroatoms. The van der Waals surface area contributed by atoms with E-state index in [0.29, 0.717) is 6.17 Å². The quantitative estimate of drug-likeness (QED) is 0.524. The first-order valence-corrected chi connectivity index (χ1v) is 4.26. The van der Waals surface area contributed by atoms with Crippen molar-refractivity contribution in [2.75, 3.05) is 33.3 Å². The third-order valence-corrected chi connectivity index (χ3v) is 2.98. The molecule has 4 saturated heterocycles. The van der Waals surface area contributed by atoms with Crippen LogP contribution in [0.4, 0.5) is 0 Å². The molecular formula is C7H15ClN4. The van der Waals surface area contributed by atoms with Crippen molar-refractivity contribution in [2.24, 2.45) is 0 Å². The standard InChI is InChI=1S/C7H14N4.ClH/c1-7-10-3-8-2-9(5-10)6-11(7)4-8;/h7H,2-6H2,1H3;1H. The van der Waals surface area contributed by atoms with Gasteiger partial charge in [-0.15, -0.1) is 12.4 Å². The van der Waals surface area contributed by atoms with Crippen LogP contribution >= 0.6 is 12.4 Å². The second-order valence-corrected chi connectivity index (χ2v) is 3.86. The molecule has 0 aromatic heterocycles. The average molecular weight is 191 g/mol. The van der Waals surface area contributed by atoms with Crippen molar-refractivity contribution >= 4 is 12.4 Å². The first-order chi connectivity index (χ1) is 5.33. The van der Waals surface area contributed by atoms with E-state index in [1.165, 1.54) is 33.3 Å². The summed E-state index contributed by atoms with van der Waals surface area (Å²) in [6.07, 6.45) is 0.669. The van der Waals surface area contributed by atoms with Crippen molar-refractivity contribution in [3.63, 3.8) is 0 Å². The predicted octanol–water partition coefficient (Wildman–Crippen LogP) is -0.209. The van der Waals surface area contributed by atoms with Crippen LogP contribution in [0.5, 0.6) is 0 Å². The van der Waals surface area contributed by atoms with Crippen LogP contribution in [0.2, 0.25) is 0 Å². The Morgan fingerprint density at radius 2 is 1.25 bits per heavy atom. The minimum atomic E-state index is 0. The van der Waals surface area contributed by atoms with Crippen molar-refractivity contribution in [3.8, 4) is 0 Å². The maximum atomic E-state index is 2.51. The SMILES string of the molecule is CC1N2CN3CN(C2)CN1C3.Cl. The fourth-order valence-electron chi connectivity index (χ4n) is 2.37. The zero-order valence-electron chi connectivity index (χ0n) is 7.31. The number of hydrogen-bond acceptors (Lipinski definition) is 4. The van der Waals surface area contributed by atoms with Gasteiger partial charge in [0.15, 0.2) is 0 Å². The molecule has 4 aliphatic heterocycles. The van der Waals surface area contributed by atoms with E-state index < -0.39 is 0 Å². The summed E-state index contributed by atoms with van der Waals surface area (Å²) in [5.41, 5.74) is 0. The van der Waals surface area contributed by atoms with E-state index in [4.69, 9.17) is 0 Å². The van der Waals surface area contributed by atoms with Crippen LogP contribution < -0.4 is 0 Å². The smallest absolute Gasteiger partial charge is 0.0639 e. The molecule has 0 saturated carbocycles. The highest BCUT2D eigenvalue weighted by atomic mass is 35.5. The van der Waals surface area contributed by atoms with Crippen molar-refractivity contribution in [3.05, 3.63) is 0 Å². The van der Waals surface area contributed by atoms with Crippen LogP contribution in [0.25, 0.3) is 0 Å². The van der Waals surface area contributed by atoms with Gasteiger partial charge in [0, 0.05) is 0 Å². The molecule has 12 heavy (non-hydrogen) atoms. The van der Waals surface area contributed by atoms with Crippen LogP contribution in [0.15, 0.2) is 0 Å². The summed E-state index contributed by atoms with van der Waals surface area (Å²) in [5, 5.41) is 0. The fourth-order valence-corrected chi connectivity index (χ4v) is 2.37. The molecule has 4 fully saturated rings. The highest BCUT2D eigenvalue weighted by molar-refractivity contribution is 5.85. The number of rotatable bonds is 0. The highest BCUT2D eigenvalue weighted by Crippen LogP contribution is 2.25. The summed E-state index contributed by atoms with van der Waals surface area (Å²) in [6.45, 7) is 8.18. The lowest BCUT2D eigenvalue weighted by atomic mass is 10.3. The summed E-state index contributed by atoms with van der Waals surface area (Å²) in [6, 6.07) is 0. The maximum absolute atomic E-state index is 2.51. The fraction of sp³-hybridized carbons (Fsp3) is 1.00. The Balaban J connectivity index is 0.000000563. The van der Waals surface area contributed by atoms with E-state index in [1.54, 1.807) is 0 Å². The van der Waals surface area contributed by atoms with E-state index in [0.717, 1.165) is 0 Å². The molecule has 0 N–H and O–H groups in total. The van der Waals surface area contributed by atoms with E-state index in [9.17, 15) is 0 Å². The zero-order chi connectivity index (χ0) is 7.42. The average Bonchev–Trinajstić information content (AvgIpc) is 1.98. The molecule has 0 aliphatic carbocycles. The van der Waals surface area contributed by atoms with Gasteiger partial charge >= 0.3 is 0 Å². The lowest BCUT2D eigenvalue weighted by Crippen LogP contribution is -2.74. The van der Waals surface area contributed by atoms with Gasteiger partial charge in [0.05, 0.1) is 39.5 Å². The molecular weight excluding hydrogens is 176 g/mol. The third-order valence-electron chi connectivity index (χ3n) is 2.98. The van der Waals surface area contributed by atoms with Crippen molar-refractivity contribution in [1.82, 2.24) is 19.6 Å².